The average molecular weight is 198 g/mol. The van der Waals surface area contributed by atoms with Crippen molar-refractivity contribution in [1.29, 1.82) is 0 Å². The van der Waals surface area contributed by atoms with Crippen LogP contribution in [0.15, 0.2) is 12.2 Å². The van der Waals surface area contributed by atoms with E-state index in [9.17, 15) is 4.79 Å². The van der Waals surface area contributed by atoms with Gasteiger partial charge in [0, 0.05) is 25.6 Å². The summed E-state index contributed by atoms with van der Waals surface area (Å²) in [5, 5.41) is 6.02. The summed E-state index contributed by atoms with van der Waals surface area (Å²) in [5.74, 6) is 0.0519. The van der Waals surface area contributed by atoms with E-state index in [0.29, 0.717) is 19.6 Å². The molecule has 14 heavy (non-hydrogen) atoms. The van der Waals surface area contributed by atoms with E-state index in [4.69, 9.17) is 4.74 Å². The molecule has 0 aromatic heterocycles. The average Bonchev–Trinajstić information content (AvgIpc) is 2.16. The van der Waals surface area contributed by atoms with Gasteiger partial charge in [-0.25, -0.2) is 0 Å². The molecular weight excluding hydrogens is 180 g/mol. The lowest BCUT2D eigenvalue weighted by Crippen LogP contribution is -2.44. The molecule has 1 rings (SSSR count). The standard InChI is InChI=1S/C10H18N2O2/c1-8(2)6-12-10(13)5-9-7-14-4-3-11-9/h9,11H,1,3-7H2,2H3,(H,12,13). The number of morpholine rings is 1. The summed E-state index contributed by atoms with van der Waals surface area (Å²) >= 11 is 0. The van der Waals surface area contributed by atoms with E-state index in [1.54, 1.807) is 0 Å². The van der Waals surface area contributed by atoms with Gasteiger partial charge in [-0.05, 0) is 6.92 Å². The van der Waals surface area contributed by atoms with Gasteiger partial charge in [0.05, 0.1) is 13.2 Å². The number of ether oxygens (including phenoxy) is 1. The Morgan fingerprint density at radius 3 is 3.07 bits per heavy atom. The molecule has 1 aliphatic heterocycles. The molecule has 0 radical (unpaired) electrons. The highest BCUT2D eigenvalue weighted by Crippen LogP contribution is 1.98. The molecule has 0 bridgehead atoms. The van der Waals surface area contributed by atoms with Gasteiger partial charge in [-0.2, -0.15) is 0 Å². The van der Waals surface area contributed by atoms with Gasteiger partial charge in [-0.15, -0.1) is 0 Å². The highest BCUT2D eigenvalue weighted by atomic mass is 16.5. The molecule has 2 N–H and O–H groups in total. The van der Waals surface area contributed by atoms with Crippen molar-refractivity contribution < 1.29 is 9.53 Å². The number of amides is 1. The summed E-state index contributed by atoms with van der Waals surface area (Å²) in [4.78, 5) is 11.4. The third-order valence-electron chi connectivity index (χ3n) is 2.02. The minimum Gasteiger partial charge on any atom is -0.378 e. The molecule has 4 nitrogen and oxygen atoms in total. The van der Waals surface area contributed by atoms with Crippen molar-refractivity contribution in [3.63, 3.8) is 0 Å². The van der Waals surface area contributed by atoms with Crippen molar-refractivity contribution in [1.82, 2.24) is 10.6 Å². The summed E-state index contributed by atoms with van der Waals surface area (Å²) in [6.07, 6.45) is 0.479. The van der Waals surface area contributed by atoms with Gasteiger partial charge in [0.2, 0.25) is 5.91 Å². The second-order valence-electron chi connectivity index (χ2n) is 3.66. The van der Waals surface area contributed by atoms with Crippen LogP contribution in [0.5, 0.6) is 0 Å². The lowest BCUT2D eigenvalue weighted by atomic mass is 10.2. The van der Waals surface area contributed by atoms with E-state index in [0.717, 1.165) is 18.7 Å². The molecule has 1 aliphatic rings. The van der Waals surface area contributed by atoms with E-state index in [1.807, 2.05) is 6.92 Å². The van der Waals surface area contributed by atoms with Crippen LogP contribution in [-0.4, -0.2) is 38.3 Å². The van der Waals surface area contributed by atoms with Gasteiger partial charge in [-0.1, -0.05) is 12.2 Å². The molecule has 1 saturated heterocycles. The predicted molar refractivity (Wildman–Crippen MR) is 55.1 cm³/mol. The maximum atomic E-state index is 11.4. The number of hydrogen-bond acceptors (Lipinski definition) is 3. The minimum atomic E-state index is 0.0519. The van der Waals surface area contributed by atoms with Gasteiger partial charge < -0.3 is 15.4 Å². The molecule has 1 unspecified atom stereocenters. The quantitative estimate of drug-likeness (QED) is 0.628. The monoisotopic (exact) mass is 198 g/mol. The van der Waals surface area contributed by atoms with Crippen LogP contribution in [0.25, 0.3) is 0 Å². The van der Waals surface area contributed by atoms with Crippen molar-refractivity contribution in [2.45, 2.75) is 19.4 Å². The predicted octanol–water partition coefficient (Wildman–Crippen LogP) is 0.0572. The third-order valence-corrected chi connectivity index (χ3v) is 2.02. The van der Waals surface area contributed by atoms with Crippen LogP contribution in [0.2, 0.25) is 0 Å². The van der Waals surface area contributed by atoms with E-state index >= 15 is 0 Å². The molecule has 0 spiro atoms. The summed E-state index contributed by atoms with van der Waals surface area (Å²) < 4.78 is 5.25. The molecule has 0 aliphatic carbocycles. The number of carbonyl (C=O) groups is 1. The molecule has 1 fully saturated rings. The second-order valence-corrected chi connectivity index (χ2v) is 3.66. The van der Waals surface area contributed by atoms with Crippen LogP contribution in [-0.2, 0) is 9.53 Å². The van der Waals surface area contributed by atoms with Crippen molar-refractivity contribution in [2.24, 2.45) is 0 Å². The Bertz CT molecular complexity index is 210. The zero-order valence-electron chi connectivity index (χ0n) is 8.64. The summed E-state index contributed by atoms with van der Waals surface area (Å²) in [7, 11) is 0. The van der Waals surface area contributed by atoms with Crippen LogP contribution in [0.4, 0.5) is 0 Å². The van der Waals surface area contributed by atoms with Crippen LogP contribution in [0, 0.1) is 0 Å². The molecule has 4 heteroatoms. The maximum Gasteiger partial charge on any atom is 0.221 e. The third kappa shape index (κ3) is 4.39. The minimum absolute atomic E-state index is 0.0519. The highest BCUT2D eigenvalue weighted by molar-refractivity contribution is 5.76. The molecular formula is C10H18N2O2. The molecule has 0 saturated carbocycles. The Balaban J connectivity index is 2.15. The molecule has 1 heterocycles. The lowest BCUT2D eigenvalue weighted by Gasteiger charge is -2.23. The molecule has 0 aromatic rings. The van der Waals surface area contributed by atoms with Crippen molar-refractivity contribution >= 4 is 5.91 Å². The largest absolute Gasteiger partial charge is 0.378 e. The highest BCUT2D eigenvalue weighted by Gasteiger charge is 2.16. The maximum absolute atomic E-state index is 11.4. The van der Waals surface area contributed by atoms with Gasteiger partial charge in [0.25, 0.3) is 0 Å². The summed E-state index contributed by atoms with van der Waals surface area (Å²) in [5.41, 5.74) is 0.964. The van der Waals surface area contributed by atoms with Crippen LogP contribution in [0.1, 0.15) is 13.3 Å². The first-order valence-corrected chi connectivity index (χ1v) is 4.90. The topological polar surface area (TPSA) is 50.4 Å². The number of nitrogens with one attached hydrogen (secondary N) is 2. The number of rotatable bonds is 4. The number of hydrogen-bond donors (Lipinski definition) is 2. The van der Waals surface area contributed by atoms with Crippen LogP contribution < -0.4 is 10.6 Å². The van der Waals surface area contributed by atoms with Crippen LogP contribution in [0.3, 0.4) is 0 Å². The van der Waals surface area contributed by atoms with E-state index < -0.39 is 0 Å². The fourth-order valence-corrected chi connectivity index (χ4v) is 1.30. The molecule has 80 valence electrons. The van der Waals surface area contributed by atoms with Crippen molar-refractivity contribution in [3.8, 4) is 0 Å². The lowest BCUT2D eigenvalue weighted by molar-refractivity contribution is -0.122. The fourth-order valence-electron chi connectivity index (χ4n) is 1.30. The SMILES string of the molecule is C=C(C)CNC(=O)CC1COCCN1. The van der Waals surface area contributed by atoms with Crippen molar-refractivity contribution in [3.05, 3.63) is 12.2 Å². The zero-order chi connectivity index (χ0) is 10.4. The Hall–Kier alpha value is -0.870. The molecule has 1 atom stereocenters. The Kier molecular flexibility index (Phi) is 4.62. The first-order valence-electron chi connectivity index (χ1n) is 4.90. The fraction of sp³-hybridized carbons (Fsp3) is 0.700. The first-order chi connectivity index (χ1) is 6.68. The smallest absolute Gasteiger partial charge is 0.221 e. The van der Waals surface area contributed by atoms with E-state index in [-0.39, 0.29) is 11.9 Å². The Labute approximate surface area is 84.7 Å². The molecule has 1 amide bonds. The van der Waals surface area contributed by atoms with E-state index in [1.165, 1.54) is 0 Å². The summed E-state index contributed by atoms with van der Waals surface area (Å²) in [6.45, 7) is 8.37. The zero-order valence-corrected chi connectivity index (χ0v) is 8.64. The van der Waals surface area contributed by atoms with Gasteiger partial charge in [0.1, 0.15) is 0 Å². The normalized spacial score (nSPS) is 21.6. The Morgan fingerprint density at radius 1 is 1.71 bits per heavy atom. The number of carbonyl (C=O) groups excluding carboxylic acids is 1. The first kappa shape index (κ1) is 11.2. The van der Waals surface area contributed by atoms with Gasteiger partial charge >= 0.3 is 0 Å². The van der Waals surface area contributed by atoms with Crippen LogP contribution >= 0.6 is 0 Å². The summed E-state index contributed by atoms with van der Waals surface area (Å²) in [6, 6.07) is 0.161. The van der Waals surface area contributed by atoms with E-state index in [2.05, 4.69) is 17.2 Å². The molecule has 0 aromatic carbocycles. The van der Waals surface area contributed by atoms with Gasteiger partial charge in [-0.3, -0.25) is 4.79 Å². The van der Waals surface area contributed by atoms with Gasteiger partial charge in [0.15, 0.2) is 0 Å². The van der Waals surface area contributed by atoms with Crippen molar-refractivity contribution in [2.75, 3.05) is 26.3 Å². The second kappa shape index (κ2) is 5.78. The Morgan fingerprint density at radius 2 is 2.50 bits per heavy atom.